The van der Waals surface area contributed by atoms with Crippen LogP contribution in [0.25, 0.3) is 0 Å². The predicted octanol–water partition coefficient (Wildman–Crippen LogP) is 3.52. The summed E-state index contributed by atoms with van der Waals surface area (Å²) in [6.45, 7) is 3.95. The van der Waals surface area contributed by atoms with Gasteiger partial charge in [-0.15, -0.1) is 0 Å². The molecule has 2 aliphatic heterocycles. The molecule has 35 heavy (non-hydrogen) atoms. The fourth-order valence-corrected chi connectivity index (χ4v) is 4.85. The highest BCUT2D eigenvalue weighted by molar-refractivity contribution is 5.94. The molecule has 0 bridgehead atoms. The number of rotatable bonds is 8. The van der Waals surface area contributed by atoms with Gasteiger partial charge in [-0.3, -0.25) is 9.59 Å². The summed E-state index contributed by atoms with van der Waals surface area (Å²) in [5, 5.41) is 0. The van der Waals surface area contributed by atoms with Gasteiger partial charge in [0.05, 0.1) is 26.4 Å². The maximum atomic E-state index is 13.4. The maximum absolute atomic E-state index is 13.4. The molecule has 8 heteroatoms. The molecule has 2 aliphatic rings. The number of methoxy groups -OCH3 is 1. The Morgan fingerprint density at radius 2 is 1.83 bits per heavy atom. The van der Waals surface area contributed by atoms with Crippen LogP contribution in [0.5, 0.6) is 5.75 Å². The number of likely N-dealkylation sites (tertiary alicyclic amines) is 1. The molecule has 2 aromatic carbocycles. The van der Waals surface area contributed by atoms with E-state index in [0.29, 0.717) is 57.3 Å². The molecule has 0 spiro atoms. The molecule has 1 unspecified atom stereocenters. The second-order valence-corrected chi connectivity index (χ2v) is 9.38. The molecule has 0 radical (unpaired) electrons. The molecule has 0 aliphatic carbocycles. The molecule has 4 rings (SSSR count). The van der Waals surface area contributed by atoms with Gasteiger partial charge in [0, 0.05) is 50.7 Å². The Morgan fingerprint density at radius 3 is 2.57 bits per heavy atom. The number of halogens is 1. The van der Waals surface area contributed by atoms with Gasteiger partial charge in [0.15, 0.2) is 0 Å². The summed E-state index contributed by atoms with van der Waals surface area (Å²) in [5.41, 5.74) is 1.00. The van der Waals surface area contributed by atoms with Crippen LogP contribution in [0.4, 0.5) is 4.39 Å². The molecule has 2 aromatic rings. The van der Waals surface area contributed by atoms with Crippen molar-refractivity contribution in [2.75, 3.05) is 53.1 Å². The van der Waals surface area contributed by atoms with Gasteiger partial charge >= 0.3 is 0 Å². The lowest BCUT2D eigenvalue weighted by Crippen LogP contribution is -2.52. The molecule has 0 N–H and O–H groups in total. The van der Waals surface area contributed by atoms with Crippen LogP contribution < -0.4 is 4.74 Å². The van der Waals surface area contributed by atoms with Crippen LogP contribution in [0.15, 0.2) is 48.5 Å². The molecule has 1 atom stereocenters. The minimum Gasteiger partial charge on any atom is -0.493 e. The van der Waals surface area contributed by atoms with Gasteiger partial charge in [-0.25, -0.2) is 4.39 Å². The van der Waals surface area contributed by atoms with Crippen LogP contribution in [0.2, 0.25) is 0 Å². The van der Waals surface area contributed by atoms with Crippen LogP contribution in [-0.4, -0.2) is 74.7 Å². The molecule has 2 fully saturated rings. The van der Waals surface area contributed by atoms with E-state index in [1.54, 1.807) is 19.2 Å². The smallest absolute Gasteiger partial charge is 0.253 e. The van der Waals surface area contributed by atoms with Gasteiger partial charge in [-0.05, 0) is 54.8 Å². The number of carbonyl (C=O) groups is 2. The van der Waals surface area contributed by atoms with Crippen molar-refractivity contribution in [1.29, 1.82) is 0 Å². The van der Waals surface area contributed by atoms with E-state index in [0.717, 1.165) is 18.4 Å². The third-order valence-corrected chi connectivity index (χ3v) is 6.68. The number of hydrogen-bond donors (Lipinski definition) is 0. The maximum Gasteiger partial charge on any atom is 0.253 e. The summed E-state index contributed by atoms with van der Waals surface area (Å²) in [4.78, 5) is 30.3. The van der Waals surface area contributed by atoms with Crippen LogP contribution >= 0.6 is 0 Å². The minimum atomic E-state index is -0.540. The highest BCUT2D eigenvalue weighted by Crippen LogP contribution is 2.36. The summed E-state index contributed by atoms with van der Waals surface area (Å²) < 4.78 is 30.0. The fourth-order valence-electron chi connectivity index (χ4n) is 4.85. The third kappa shape index (κ3) is 6.58. The van der Waals surface area contributed by atoms with E-state index in [4.69, 9.17) is 14.2 Å². The Bertz CT molecular complexity index is 1010. The molecule has 2 heterocycles. The Balaban J connectivity index is 1.52. The predicted molar refractivity (Wildman–Crippen MR) is 129 cm³/mol. The van der Waals surface area contributed by atoms with Crippen LogP contribution in [-0.2, 0) is 20.9 Å². The van der Waals surface area contributed by atoms with Crippen molar-refractivity contribution in [1.82, 2.24) is 9.80 Å². The normalized spacial score (nSPS) is 20.5. The SMILES string of the molecule is COCc1cccc(C(=O)N2CCCC(COc3ccc(F)cc3)(CC(=O)N3CCOCC3)C2)c1. The minimum absolute atomic E-state index is 0.0485. The number of hydrogen-bond acceptors (Lipinski definition) is 5. The number of ether oxygens (including phenoxy) is 3. The zero-order valence-electron chi connectivity index (χ0n) is 20.2. The Kier molecular flexibility index (Phi) is 8.36. The van der Waals surface area contributed by atoms with Gasteiger partial charge in [0.25, 0.3) is 5.91 Å². The van der Waals surface area contributed by atoms with E-state index >= 15 is 0 Å². The average Bonchev–Trinajstić information content (AvgIpc) is 2.89. The standard InChI is InChI=1S/C27H33FN2O5/c1-33-18-21-4-2-5-22(16-21)26(32)30-11-3-10-27(19-30,17-25(31)29-12-14-34-15-13-29)20-35-24-8-6-23(28)7-9-24/h2,4-9,16H,3,10-15,17-20H2,1H3. The second kappa shape index (κ2) is 11.6. The van der Waals surface area contributed by atoms with E-state index in [1.165, 1.54) is 12.1 Å². The van der Waals surface area contributed by atoms with Crippen molar-refractivity contribution in [3.63, 3.8) is 0 Å². The monoisotopic (exact) mass is 484 g/mol. The number of morpholine rings is 1. The van der Waals surface area contributed by atoms with Crippen molar-refractivity contribution in [2.45, 2.75) is 25.9 Å². The molecule has 0 saturated carbocycles. The average molecular weight is 485 g/mol. The van der Waals surface area contributed by atoms with Crippen LogP contribution in [0.3, 0.4) is 0 Å². The van der Waals surface area contributed by atoms with Gasteiger partial charge in [-0.1, -0.05) is 12.1 Å². The first-order valence-electron chi connectivity index (χ1n) is 12.1. The lowest BCUT2D eigenvalue weighted by molar-refractivity contribution is -0.139. The van der Waals surface area contributed by atoms with E-state index in [2.05, 4.69) is 0 Å². The topological polar surface area (TPSA) is 68.3 Å². The first-order chi connectivity index (χ1) is 17.0. The highest BCUT2D eigenvalue weighted by Gasteiger charge is 2.41. The van der Waals surface area contributed by atoms with E-state index in [1.807, 2.05) is 34.1 Å². The summed E-state index contributed by atoms with van der Waals surface area (Å²) in [6.07, 6.45) is 1.81. The first-order valence-corrected chi connectivity index (χ1v) is 12.1. The lowest BCUT2D eigenvalue weighted by atomic mass is 9.77. The number of piperidine rings is 1. The number of nitrogens with zero attached hydrogens (tertiary/aromatic N) is 2. The van der Waals surface area contributed by atoms with Gasteiger partial charge in [0.1, 0.15) is 11.6 Å². The van der Waals surface area contributed by atoms with Gasteiger partial charge in [0.2, 0.25) is 5.91 Å². The lowest BCUT2D eigenvalue weighted by Gasteiger charge is -2.43. The van der Waals surface area contributed by atoms with Crippen LogP contribution in [0.1, 0.15) is 35.2 Å². The van der Waals surface area contributed by atoms with Crippen molar-refractivity contribution in [3.8, 4) is 5.75 Å². The molecule has 188 valence electrons. The quantitative estimate of drug-likeness (QED) is 0.574. The van der Waals surface area contributed by atoms with Crippen molar-refractivity contribution in [2.24, 2.45) is 5.41 Å². The molecular weight excluding hydrogens is 451 g/mol. The van der Waals surface area contributed by atoms with Crippen molar-refractivity contribution < 1.29 is 28.2 Å². The summed E-state index contributed by atoms with van der Waals surface area (Å²) in [7, 11) is 1.63. The molecule has 2 amide bonds. The molecule has 2 saturated heterocycles. The van der Waals surface area contributed by atoms with Gasteiger partial charge in [-0.2, -0.15) is 0 Å². The van der Waals surface area contributed by atoms with Crippen molar-refractivity contribution >= 4 is 11.8 Å². The van der Waals surface area contributed by atoms with E-state index in [-0.39, 0.29) is 30.7 Å². The molecule has 7 nitrogen and oxygen atoms in total. The highest BCUT2D eigenvalue weighted by atomic mass is 19.1. The van der Waals surface area contributed by atoms with Gasteiger partial charge < -0.3 is 24.0 Å². The van der Waals surface area contributed by atoms with Crippen molar-refractivity contribution in [3.05, 3.63) is 65.5 Å². The second-order valence-electron chi connectivity index (χ2n) is 9.38. The Morgan fingerprint density at radius 1 is 1.06 bits per heavy atom. The fraction of sp³-hybridized carbons (Fsp3) is 0.481. The Labute approximate surface area is 205 Å². The van der Waals surface area contributed by atoms with E-state index in [9.17, 15) is 14.0 Å². The summed E-state index contributed by atoms with van der Waals surface area (Å²) in [6, 6.07) is 13.3. The first kappa shape index (κ1) is 25.1. The summed E-state index contributed by atoms with van der Waals surface area (Å²) >= 11 is 0. The number of amides is 2. The zero-order valence-corrected chi connectivity index (χ0v) is 20.2. The largest absolute Gasteiger partial charge is 0.493 e. The third-order valence-electron chi connectivity index (χ3n) is 6.68. The summed E-state index contributed by atoms with van der Waals surface area (Å²) in [5.74, 6) is 0.194. The number of carbonyl (C=O) groups excluding carboxylic acids is 2. The molecule has 0 aromatic heterocycles. The van der Waals surface area contributed by atoms with E-state index < -0.39 is 5.41 Å². The van der Waals surface area contributed by atoms with Crippen LogP contribution in [0, 0.1) is 11.2 Å². The molecular formula is C27H33FN2O5. The Hall–Kier alpha value is -2.97. The number of benzene rings is 2. The zero-order chi connectivity index (χ0) is 24.7.